The third kappa shape index (κ3) is 5.38. The highest BCUT2D eigenvalue weighted by molar-refractivity contribution is 5.55. The standard InChI is InChI=1S/C16H23N5O/c1-21(11-12-22-2)10-6-9-17-16-19-13-18-15(20-16)14-7-4-3-5-8-14/h3-5,7-8,13H,6,9-12H2,1-2H3,(H,17,18,19,20). The summed E-state index contributed by atoms with van der Waals surface area (Å²) < 4.78 is 5.06. The van der Waals surface area contributed by atoms with Crippen molar-refractivity contribution in [2.45, 2.75) is 6.42 Å². The highest BCUT2D eigenvalue weighted by Crippen LogP contribution is 2.13. The van der Waals surface area contributed by atoms with E-state index in [0.717, 1.165) is 38.2 Å². The Morgan fingerprint density at radius 1 is 1.14 bits per heavy atom. The average Bonchev–Trinajstić information content (AvgIpc) is 2.58. The molecular weight excluding hydrogens is 278 g/mol. The van der Waals surface area contributed by atoms with Crippen molar-refractivity contribution in [3.05, 3.63) is 36.7 Å². The third-order valence-electron chi connectivity index (χ3n) is 3.28. The molecule has 0 spiro atoms. The maximum absolute atomic E-state index is 5.06. The molecule has 6 nitrogen and oxygen atoms in total. The van der Waals surface area contributed by atoms with Crippen molar-refractivity contribution in [1.82, 2.24) is 19.9 Å². The first-order valence-electron chi connectivity index (χ1n) is 7.45. The lowest BCUT2D eigenvalue weighted by Crippen LogP contribution is -2.25. The molecule has 0 bridgehead atoms. The fourth-order valence-corrected chi connectivity index (χ4v) is 2.02. The van der Waals surface area contributed by atoms with Gasteiger partial charge in [0.1, 0.15) is 6.33 Å². The van der Waals surface area contributed by atoms with Crippen LogP contribution in [0.25, 0.3) is 11.4 Å². The van der Waals surface area contributed by atoms with Crippen molar-refractivity contribution in [2.75, 3.05) is 45.7 Å². The Morgan fingerprint density at radius 2 is 1.95 bits per heavy atom. The Bertz CT molecular complexity index is 549. The summed E-state index contributed by atoms with van der Waals surface area (Å²) in [6.45, 7) is 3.54. The van der Waals surface area contributed by atoms with Gasteiger partial charge in [0.2, 0.25) is 5.95 Å². The molecule has 1 aromatic carbocycles. The summed E-state index contributed by atoms with van der Waals surface area (Å²) in [4.78, 5) is 15.1. The van der Waals surface area contributed by atoms with Crippen LogP contribution < -0.4 is 5.32 Å². The van der Waals surface area contributed by atoms with Crippen LogP contribution >= 0.6 is 0 Å². The van der Waals surface area contributed by atoms with Gasteiger partial charge in [0.25, 0.3) is 0 Å². The summed E-state index contributed by atoms with van der Waals surface area (Å²) in [7, 11) is 3.82. The number of anilines is 1. The number of nitrogens with zero attached hydrogens (tertiary/aromatic N) is 4. The van der Waals surface area contributed by atoms with E-state index in [4.69, 9.17) is 4.74 Å². The van der Waals surface area contributed by atoms with E-state index in [9.17, 15) is 0 Å². The van der Waals surface area contributed by atoms with E-state index in [1.807, 2.05) is 30.3 Å². The molecule has 6 heteroatoms. The zero-order chi connectivity index (χ0) is 15.6. The summed E-state index contributed by atoms with van der Waals surface area (Å²) in [6, 6.07) is 9.90. The van der Waals surface area contributed by atoms with Crippen molar-refractivity contribution in [1.29, 1.82) is 0 Å². The van der Waals surface area contributed by atoms with Crippen molar-refractivity contribution in [3.63, 3.8) is 0 Å². The van der Waals surface area contributed by atoms with Gasteiger partial charge in [-0.2, -0.15) is 4.98 Å². The van der Waals surface area contributed by atoms with Gasteiger partial charge in [0.15, 0.2) is 5.82 Å². The molecule has 2 aromatic rings. The molecule has 0 radical (unpaired) electrons. The quantitative estimate of drug-likeness (QED) is 0.714. The molecule has 0 aliphatic rings. The van der Waals surface area contributed by atoms with Crippen LogP contribution in [-0.4, -0.2) is 60.3 Å². The monoisotopic (exact) mass is 301 g/mol. The summed E-state index contributed by atoms with van der Waals surface area (Å²) in [6.07, 6.45) is 2.56. The summed E-state index contributed by atoms with van der Waals surface area (Å²) >= 11 is 0. The molecule has 0 atom stereocenters. The third-order valence-corrected chi connectivity index (χ3v) is 3.28. The van der Waals surface area contributed by atoms with E-state index in [1.54, 1.807) is 13.4 Å². The molecule has 1 N–H and O–H groups in total. The van der Waals surface area contributed by atoms with Crippen LogP contribution in [0, 0.1) is 0 Å². The van der Waals surface area contributed by atoms with E-state index in [-0.39, 0.29) is 0 Å². The summed E-state index contributed by atoms with van der Waals surface area (Å²) in [5.41, 5.74) is 0.993. The number of benzene rings is 1. The molecule has 0 saturated carbocycles. The molecule has 0 fully saturated rings. The molecule has 0 saturated heterocycles. The van der Waals surface area contributed by atoms with Crippen molar-refractivity contribution < 1.29 is 4.74 Å². The highest BCUT2D eigenvalue weighted by atomic mass is 16.5. The lowest BCUT2D eigenvalue weighted by Gasteiger charge is -2.15. The molecule has 0 aliphatic heterocycles. The van der Waals surface area contributed by atoms with Crippen LogP contribution in [-0.2, 0) is 4.74 Å². The first kappa shape index (κ1) is 16.3. The normalized spacial score (nSPS) is 10.9. The Balaban J connectivity index is 1.79. The Morgan fingerprint density at radius 3 is 2.73 bits per heavy atom. The van der Waals surface area contributed by atoms with Gasteiger partial charge in [-0.25, -0.2) is 9.97 Å². The van der Waals surface area contributed by atoms with Gasteiger partial charge in [-0.15, -0.1) is 0 Å². The Labute approximate surface area is 131 Å². The highest BCUT2D eigenvalue weighted by Gasteiger charge is 2.03. The second-order valence-electron chi connectivity index (χ2n) is 5.08. The van der Waals surface area contributed by atoms with Crippen molar-refractivity contribution in [3.8, 4) is 11.4 Å². The van der Waals surface area contributed by atoms with Gasteiger partial charge in [-0.1, -0.05) is 30.3 Å². The van der Waals surface area contributed by atoms with Crippen LogP contribution in [0.2, 0.25) is 0 Å². The van der Waals surface area contributed by atoms with Crippen LogP contribution in [0.4, 0.5) is 5.95 Å². The van der Waals surface area contributed by atoms with E-state index in [0.29, 0.717) is 11.8 Å². The Hall–Kier alpha value is -2.05. The molecule has 0 amide bonds. The topological polar surface area (TPSA) is 63.2 Å². The molecule has 0 aliphatic carbocycles. The minimum absolute atomic E-state index is 0.619. The average molecular weight is 301 g/mol. The van der Waals surface area contributed by atoms with Gasteiger partial charge in [-0.3, -0.25) is 0 Å². The van der Waals surface area contributed by atoms with Gasteiger partial charge < -0.3 is 15.0 Å². The van der Waals surface area contributed by atoms with E-state index >= 15 is 0 Å². The molecule has 22 heavy (non-hydrogen) atoms. The van der Waals surface area contributed by atoms with Gasteiger partial charge in [0.05, 0.1) is 6.61 Å². The fourth-order valence-electron chi connectivity index (χ4n) is 2.02. The Kier molecular flexibility index (Phi) is 6.73. The zero-order valence-electron chi connectivity index (χ0n) is 13.2. The number of aromatic nitrogens is 3. The number of hydrogen-bond donors (Lipinski definition) is 1. The lowest BCUT2D eigenvalue weighted by atomic mass is 10.2. The second-order valence-corrected chi connectivity index (χ2v) is 5.08. The van der Waals surface area contributed by atoms with Gasteiger partial charge >= 0.3 is 0 Å². The largest absolute Gasteiger partial charge is 0.383 e. The number of hydrogen-bond acceptors (Lipinski definition) is 6. The fraction of sp³-hybridized carbons (Fsp3) is 0.438. The minimum Gasteiger partial charge on any atom is -0.383 e. The van der Waals surface area contributed by atoms with Crippen LogP contribution in [0.1, 0.15) is 6.42 Å². The van der Waals surface area contributed by atoms with Crippen LogP contribution in [0.15, 0.2) is 36.7 Å². The van der Waals surface area contributed by atoms with Gasteiger partial charge in [-0.05, 0) is 20.0 Å². The molecule has 0 unspecified atom stereocenters. The summed E-state index contributed by atoms with van der Waals surface area (Å²) in [5, 5.41) is 3.25. The first-order chi connectivity index (χ1) is 10.8. The molecule has 118 valence electrons. The summed E-state index contributed by atoms with van der Waals surface area (Å²) in [5.74, 6) is 1.31. The smallest absolute Gasteiger partial charge is 0.226 e. The number of rotatable bonds is 9. The van der Waals surface area contributed by atoms with E-state index < -0.39 is 0 Å². The molecule has 2 rings (SSSR count). The number of ether oxygens (including phenoxy) is 1. The SMILES string of the molecule is COCCN(C)CCCNc1ncnc(-c2ccccc2)n1. The maximum Gasteiger partial charge on any atom is 0.226 e. The number of methoxy groups -OCH3 is 1. The molecule has 1 aromatic heterocycles. The van der Waals surface area contributed by atoms with Crippen LogP contribution in [0.5, 0.6) is 0 Å². The van der Waals surface area contributed by atoms with Crippen molar-refractivity contribution in [2.24, 2.45) is 0 Å². The number of likely N-dealkylation sites (N-methyl/N-ethyl adjacent to an activating group) is 1. The van der Waals surface area contributed by atoms with E-state index in [1.165, 1.54) is 0 Å². The minimum atomic E-state index is 0.619. The van der Waals surface area contributed by atoms with Crippen LogP contribution in [0.3, 0.4) is 0 Å². The predicted molar refractivity (Wildman–Crippen MR) is 87.7 cm³/mol. The second kappa shape index (κ2) is 9.07. The first-order valence-corrected chi connectivity index (χ1v) is 7.45. The molecular formula is C16H23N5O. The van der Waals surface area contributed by atoms with Gasteiger partial charge in [0, 0.05) is 25.8 Å². The zero-order valence-corrected chi connectivity index (χ0v) is 13.2. The predicted octanol–water partition coefficient (Wildman–Crippen LogP) is 1.92. The van der Waals surface area contributed by atoms with E-state index in [2.05, 4.69) is 32.2 Å². The number of nitrogens with one attached hydrogen (secondary N) is 1. The maximum atomic E-state index is 5.06. The van der Waals surface area contributed by atoms with Crippen molar-refractivity contribution >= 4 is 5.95 Å². The lowest BCUT2D eigenvalue weighted by molar-refractivity contribution is 0.161. The molecule has 1 heterocycles.